The lowest BCUT2D eigenvalue weighted by Gasteiger charge is -2.08. The zero-order valence-corrected chi connectivity index (χ0v) is 13.9. The second kappa shape index (κ2) is 7.62. The number of benzene rings is 1. The van der Waals surface area contributed by atoms with Crippen molar-refractivity contribution in [1.29, 1.82) is 0 Å². The van der Waals surface area contributed by atoms with Crippen LogP contribution in [0.15, 0.2) is 24.3 Å². The molecule has 1 aromatic heterocycles. The molecule has 4 heteroatoms. The fourth-order valence-electron chi connectivity index (χ4n) is 2.49. The molecule has 0 unspecified atom stereocenters. The Morgan fingerprint density at radius 3 is 2.76 bits per heavy atom. The van der Waals surface area contributed by atoms with Crippen molar-refractivity contribution in [2.24, 2.45) is 0 Å². The molecule has 0 bridgehead atoms. The Morgan fingerprint density at radius 2 is 2.10 bits per heavy atom. The van der Waals surface area contributed by atoms with E-state index in [0.29, 0.717) is 0 Å². The maximum absolute atomic E-state index is 6.40. The third-order valence-electron chi connectivity index (χ3n) is 3.66. The van der Waals surface area contributed by atoms with Gasteiger partial charge >= 0.3 is 0 Å². The molecule has 0 saturated heterocycles. The van der Waals surface area contributed by atoms with Crippen LogP contribution in [0.5, 0.6) is 0 Å². The van der Waals surface area contributed by atoms with Gasteiger partial charge in [0.05, 0.1) is 16.4 Å². The van der Waals surface area contributed by atoms with Gasteiger partial charge in [0, 0.05) is 13.1 Å². The average molecular weight is 306 g/mol. The highest BCUT2D eigenvalue weighted by Gasteiger charge is 2.13. The van der Waals surface area contributed by atoms with E-state index < -0.39 is 0 Å². The molecule has 1 aromatic carbocycles. The fraction of sp³-hybridized carbons (Fsp3) is 0.471. The van der Waals surface area contributed by atoms with Gasteiger partial charge in [0.1, 0.15) is 0 Å². The van der Waals surface area contributed by atoms with Gasteiger partial charge in [-0.1, -0.05) is 48.4 Å². The summed E-state index contributed by atoms with van der Waals surface area (Å²) >= 11 is 6.40. The molecule has 2 aromatic rings. The van der Waals surface area contributed by atoms with E-state index >= 15 is 0 Å². The quantitative estimate of drug-likeness (QED) is 0.789. The van der Waals surface area contributed by atoms with Crippen LogP contribution in [0.3, 0.4) is 0 Å². The maximum Gasteiger partial charge on any atom is 0.0863 e. The molecule has 0 aliphatic heterocycles. The Morgan fingerprint density at radius 1 is 1.29 bits per heavy atom. The van der Waals surface area contributed by atoms with Crippen molar-refractivity contribution in [1.82, 2.24) is 15.1 Å². The second-order valence-electron chi connectivity index (χ2n) is 5.29. The van der Waals surface area contributed by atoms with Crippen LogP contribution in [0.4, 0.5) is 0 Å². The Kier molecular flexibility index (Phi) is 5.83. The van der Waals surface area contributed by atoms with Gasteiger partial charge in [0.25, 0.3) is 0 Å². The van der Waals surface area contributed by atoms with E-state index in [2.05, 4.69) is 55.5 Å². The largest absolute Gasteiger partial charge is 0.311 e. The van der Waals surface area contributed by atoms with Gasteiger partial charge in [-0.2, -0.15) is 5.10 Å². The summed E-state index contributed by atoms with van der Waals surface area (Å²) in [5.41, 5.74) is 4.77. The molecular formula is C17H24ClN3. The smallest absolute Gasteiger partial charge is 0.0863 e. The van der Waals surface area contributed by atoms with Crippen LogP contribution < -0.4 is 5.32 Å². The molecule has 0 saturated carbocycles. The number of hydrogen-bond donors (Lipinski definition) is 1. The van der Waals surface area contributed by atoms with Crippen LogP contribution in [-0.2, 0) is 25.9 Å². The van der Waals surface area contributed by atoms with Crippen LogP contribution >= 0.6 is 11.6 Å². The molecule has 0 aliphatic rings. The van der Waals surface area contributed by atoms with Gasteiger partial charge in [-0.25, -0.2) is 0 Å². The molecule has 21 heavy (non-hydrogen) atoms. The molecule has 114 valence electrons. The number of hydrogen-bond acceptors (Lipinski definition) is 2. The summed E-state index contributed by atoms with van der Waals surface area (Å²) in [5.74, 6) is 0. The maximum atomic E-state index is 6.40. The standard InChI is InChI=1S/C17H24ClN3/c1-4-15-17(18)16(21(5-2)20-15)12-19-10-9-14-8-6-7-13(3)11-14/h6-8,11,19H,4-5,9-10,12H2,1-3H3. The van der Waals surface area contributed by atoms with E-state index in [1.165, 1.54) is 11.1 Å². The SMILES string of the molecule is CCc1nn(CC)c(CNCCc2cccc(C)c2)c1Cl. The monoisotopic (exact) mass is 305 g/mol. The number of nitrogens with one attached hydrogen (secondary N) is 1. The van der Waals surface area contributed by atoms with E-state index in [4.69, 9.17) is 11.6 Å². The molecule has 2 rings (SSSR count). The first-order valence-corrected chi connectivity index (χ1v) is 8.03. The zero-order valence-electron chi connectivity index (χ0n) is 13.1. The van der Waals surface area contributed by atoms with Gasteiger partial charge in [-0.05, 0) is 38.8 Å². The summed E-state index contributed by atoms with van der Waals surface area (Å²) in [4.78, 5) is 0. The molecule has 0 aliphatic carbocycles. The lowest BCUT2D eigenvalue weighted by molar-refractivity contribution is 0.578. The minimum Gasteiger partial charge on any atom is -0.311 e. The second-order valence-corrected chi connectivity index (χ2v) is 5.67. The number of rotatable bonds is 7. The third-order valence-corrected chi connectivity index (χ3v) is 4.10. The number of aromatic nitrogens is 2. The van der Waals surface area contributed by atoms with Crippen molar-refractivity contribution in [3.63, 3.8) is 0 Å². The van der Waals surface area contributed by atoms with E-state index in [0.717, 1.165) is 48.9 Å². The zero-order chi connectivity index (χ0) is 15.2. The first-order chi connectivity index (χ1) is 10.2. The van der Waals surface area contributed by atoms with Crippen LogP contribution in [0, 0.1) is 6.92 Å². The molecule has 3 nitrogen and oxygen atoms in total. The Hall–Kier alpha value is -1.32. The summed E-state index contributed by atoms with van der Waals surface area (Å²) in [6, 6.07) is 8.65. The van der Waals surface area contributed by atoms with Crippen LogP contribution in [0.1, 0.15) is 36.4 Å². The first-order valence-electron chi connectivity index (χ1n) is 7.66. The Balaban J connectivity index is 1.90. The van der Waals surface area contributed by atoms with Crippen molar-refractivity contribution >= 4 is 11.6 Å². The first kappa shape index (κ1) is 16.1. The lowest BCUT2D eigenvalue weighted by atomic mass is 10.1. The minimum atomic E-state index is 0.769. The minimum absolute atomic E-state index is 0.769. The molecular weight excluding hydrogens is 282 g/mol. The summed E-state index contributed by atoms with van der Waals surface area (Å²) in [6.07, 6.45) is 1.91. The Bertz CT molecular complexity index is 590. The molecule has 0 amide bonds. The predicted molar refractivity (Wildman–Crippen MR) is 88.9 cm³/mol. The molecule has 0 radical (unpaired) electrons. The van der Waals surface area contributed by atoms with E-state index in [9.17, 15) is 0 Å². The van der Waals surface area contributed by atoms with Crippen molar-refractivity contribution in [2.45, 2.75) is 46.7 Å². The predicted octanol–water partition coefficient (Wildman–Crippen LogP) is 3.76. The number of halogens is 1. The third kappa shape index (κ3) is 4.08. The summed E-state index contributed by atoms with van der Waals surface area (Å²) in [6.45, 7) is 8.88. The van der Waals surface area contributed by atoms with E-state index in [1.54, 1.807) is 0 Å². The topological polar surface area (TPSA) is 29.9 Å². The molecule has 1 N–H and O–H groups in total. The van der Waals surface area contributed by atoms with Crippen LogP contribution in [0.2, 0.25) is 5.02 Å². The molecule has 0 fully saturated rings. The van der Waals surface area contributed by atoms with Crippen LogP contribution in [0.25, 0.3) is 0 Å². The van der Waals surface area contributed by atoms with E-state index in [-0.39, 0.29) is 0 Å². The highest BCUT2D eigenvalue weighted by Crippen LogP contribution is 2.21. The van der Waals surface area contributed by atoms with Crippen molar-refractivity contribution < 1.29 is 0 Å². The van der Waals surface area contributed by atoms with Gasteiger partial charge in [0.2, 0.25) is 0 Å². The normalized spacial score (nSPS) is 11.0. The highest BCUT2D eigenvalue weighted by atomic mass is 35.5. The number of aryl methyl sites for hydroxylation is 3. The van der Waals surface area contributed by atoms with Gasteiger partial charge in [0.15, 0.2) is 0 Å². The average Bonchev–Trinajstić information content (AvgIpc) is 2.79. The Labute approximate surface area is 132 Å². The van der Waals surface area contributed by atoms with Gasteiger partial charge in [-0.3, -0.25) is 4.68 Å². The summed E-state index contributed by atoms with van der Waals surface area (Å²) in [7, 11) is 0. The van der Waals surface area contributed by atoms with Gasteiger partial charge in [-0.15, -0.1) is 0 Å². The van der Waals surface area contributed by atoms with Crippen LogP contribution in [-0.4, -0.2) is 16.3 Å². The van der Waals surface area contributed by atoms with Gasteiger partial charge < -0.3 is 5.32 Å². The molecule has 1 heterocycles. The van der Waals surface area contributed by atoms with Crippen molar-refractivity contribution in [3.8, 4) is 0 Å². The molecule has 0 atom stereocenters. The van der Waals surface area contributed by atoms with Crippen molar-refractivity contribution in [2.75, 3.05) is 6.54 Å². The summed E-state index contributed by atoms with van der Waals surface area (Å²) < 4.78 is 2.00. The lowest BCUT2D eigenvalue weighted by Crippen LogP contribution is -2.19. The van der Waals surface area contributed by atoms with E-state index in [1.807, 2.05) is 4.68 Å². The fourth-order valence-corrected chi connectivity index (χ4v) is 2.83. The molecule has 0 spiro atoms. The summed E-state index contributed by atoms with van der Waals surface area (Å²) in [5, 5.41) is 8.84. The highest BCUT2D eigenvalue weighted by molar-refractivity contribution is 6.31. The van der Waals surface area contributed by atoms with Crippen molar-refractivity contribution in [3.05, 3.63) is 51.8 Å². The number of nitrogens with zero attached hydrogens (tertiary/aromatic N) is 2.